The van der Waals surface area contributed by atoms with Crippen LogP contribution < -0.4 is 4.74 Å². The van der Waals surface area contributed by atoms with E-state index in [1.165, 1.54) is 16.9 Å². The number of aryl methyl sites for hydroxylation is 2. The van der Waals surface area contributed by atoms with Crippen molar-refractivity contribution in [3.8, 4) is 5.75 Å². The molecule has 2 heterocycles. The zero-order chi connectivity index (χ0) is 28.9. The third kappa shape index (κ3) is 6.52. The quantitative estimate of drug-likeness (QED) is 0.405. The number of carbonyl (C=O) groups excluding carboxylic acids is 1. The Balaban J connectivity index is 1.30. The van der Waals surface area contributed by atoms with E-state index < -0.39 is 10.0 Å². The molecule has 0 unspecified atom stereocenters. The molecule has 2 fully saturated rings. The summed E-state index contributed by atoms with van der Waals surface area (Å²) in [4.78, 5) is 20.2. The van der Waals surface area contributed by atoms with Crippen molar-refractivity contribution >= 4 is 15.9 Å². The number of amides is 1. The maximum absolute atomic E-state index is 13.2. The smallest absolute Gasteiger partial charge is 0.248 e. The number of likely N-dealkylation sites (N-methyl/N-ethyl adjacent to an activating group) is 2. The largest absolute Gasteiger partial charge is 0.497 e. The van der Waals surface area contributed by atoms with E-state index in [1.807, 2.05) is 4.90 Å². The zero-order valence-electron chi connectivity index (χ0n) is 24.6. The molecule has 0 N–H and O–H groups in total. The van der Waals surface area contributed by atoms with Crippen LogP contribution in [0, 0.1) is 13.8 Å². The Labute approximate surface area is 239 Å². The van der Waals surface area contributed by atoms with Crippen LogP contribution in [-0.4, -0.2) is 114 Å². The van der Waals surface area contributed by atoms with E-state index in [2.05, 4.69) is 47.2 Å². The molecule has 4 rings (SSSR count). The summed E-state index contributed by atoms with van der Waals surface area (Å²) in [5, 5.41) is 0. The first-order valence-electron chi connectivity index (χ1n) is 14.0. The number of methoxy groups -OCH3 is 1. The molecule has 2 aliphatic rings. The van der Waals surface area contributed by atoms with Crippen molar-refractivity contribution in [2.24, 2.45) is 0 Å². The number of benzene rings is 2. The van der Waals surface area contributed by atoms with Gasteiger partial charge in [0, 0.05) is 58.4 Å². The van der Waals surface area contributed by atoms with Crippen molar-refractivity contribution < 1.29 is 22.7 Å². The first-order chi connectivity index (χ1) is 19.1. The van der Waals surface area contributed by atoms with Gasteiger partial charge in [0.05, 0.1) is 18.6 Å². The molecule has 1 amide bonds. The highest BCUT2D eigenvalue weighted by Gasteiger charge is 2.42. The Morgan fingerprint density at radius 3 is 2.15 bits per heavy atom. The average Bonchev–Trinajstić information content (AvgIpc) is 2.95. The van der Waals surface area contributed by atoms with E-state index in [-0.39, 0.29) is 36.1 Å². The number of rotatable bonds is 10. The summed E-state index contributed by atoms with van der Waals surface area (Å²) < 4.78 is 38.7. The maximum Gasteiger partial charge on any atom is 0.248 e. The molecule has 2 saturated heterocycles. The van der Waals surface area contributed by atoms with E-state index >= 15 is 0 Å². The van der Waals surface area contributed by atoms with Crippen LogP contribution in [0.25, 0.3) is 0 Å². The molecule has 0 aromatic heterocycles. The van der Waals surface area contributed by atoms with Gasteiger partial charge < -0.3 is 19.3 Å². The molecular formula is C30H44N4O5S. The Kier molecular flexibility index (Phi) is 9.89. The number of nitrogens with zero attached hydrogens (tertiary/aromatic N) is 4. The van der Waals surface area contributed by atoms with Crippen molar-refractivity contribution in [1.29, 1.82) is 0 Å². The Morgan fingerprint density at radius 1 is 0.975 bits per heavy atom. The maximum atomic E-state index is 13.2. The molecule has 10 heteroatoms. The van der Waals surface area contributed by atoms with Gasteiger partial charge in [0.25, 0.3) is 0 Å². The normalized spacial score (nSPS) is 18.7. The Bertz CT molecular complexity index is 1230. The van der Waals surface area contributed by atoms with Crippen molar-refractivity contribution in [3.05, 3.63) is 59.2 Å². The first-order valence-corrected chi connectivity index (χ1v) is 15.5. The van der Waals surface area contributed by atoms with E-state index in [4.69, 9.17) is 9.47 Å². The van der Waals surface area contributed by atoms with E-state index in [0.717, 1.165) is 39.0 Å². The third-order valence-electron chi connectivity index (χ3n) is 8.48. The standard InChI is InChI=1S/C30H44N4O5S/c1-24-21-27(38-5)22-25(2)29(24)40(36,37)32(4)19-20-39-23-28(35)33-13-11-30(12-14-33,26-9-7-6-8-10-26)34-17-15-31(3)16-18-34/h6-10,21-22H,11-20,23H2,1-5H3. The van der Waals surface area contributed by atoms with Gasteiger partial charge in [-0.15, -0.1) is 0 Å². The molecule has 0 atom stereocenters. The van der Waals surface area contributed by atoms with Crippen molar-refractivity contribution in [3.63, 3.8) is 0 Å². The van der Waals surface area contributed by atoms with Gasteiger partial charge in [-0.2, -0.15) is 4.31 Å². The van der Waals surface area contributed by atoms with Gasteiger partial charge in [-0.25, -0.2) is 8.42 Å². The topological polar surface area (TPSA) is 82.6 Å². The van der Waals surface area contributed by atoms with E-state index in [9.17, 15) is 13.2 Å². The summed E-state index contributed by atoms with van der Waals surface area (Å²) in [6.07, 6.45) is 1.77. The van der Waals surface area contributed by atoms with Gasteiger partial charge in [0.15, 0.2) is 0 Å². The fourth-order valence-corrected chi connectivity index (χ4v) is 7.61. The minimum atomic E-state index is -3.71. The van der Waals surface area contributed by atoms with E-state index in [0.29, 0.717) is 30.0 Å². The van der Waals surface area contributed by atoms with Crippen LogP contribution in [0.2, 0.25) is 0 Å². The van der Waals surface area contributed by atoms with Crippen LogP contribution in [0.5, 0.6) is 5.75 Å². The van der Waals surface area contributed by atoms with Gasteiger partial charge >= 0.3 is 0 Å². The SMILES string of the molecule is COc1cc(C)c(S(=O)(=O)N(C)CCOCC(=O)N2CCC(c3ccccc3)(N3CCN(C)CC3)CC2)c(C)c1. The van der Waals surface area contributed by atoms with Crippen LogP contribution in [0.15, 0.2) is 47.4 Å². The summed E-state index contributed by atoms with van der Waals surface area (Å²) in [5.41, 5.74) is 2.53. The van der Waals surface area contributed by atoms with Crippen LogP contribution >= 0.6 is 0 Å². The van der Waals surface area contributed by atoms with Gasteiger partial charge in [-0.3, -0.25) is 9.69 Å². The van der Waals surface area contributed by atoms with Crippen molar-refractivity contribution in [2.75, 3.05) is 80.2 Å². The molecule has 40 heavy (non-hydrogen) atoms. The van der Waals surface area contributed by atoms with Crippen LogP contribution in [0.1, 0.15) is 29.5 Å². The minimum absolute atomic E-state index is 0.0487. The number of carbonyl (C=O) groups is 1. The molecule has 0 spiro atoms. The third-order valence-corrected chi connectivity index (χ3v) is 10.6. The minimum Gasteiger partial charge on any atom is -0.497 e. The molecule has 0 saturated carbocycles. The molecule has 220 valence electrons. The van der Waals surface area contributed by atoms with Crippen LogP contribution in [0.3, 0.4) is 0 Å². The summed E-state index contributed by atoms with van der Waals surface area (Å²) >= 11 is 0. The number of hydrogen-bond donors (Lipinski definition) is 0. The lowest BCUT2D eigenvalue weighted by atomic mass is 9.78. The number of ether oxygens (including phenoxy) is 2. The summed E-state index contributed by atoms with van der Waals surface area (Å²) in [6.45, 7) is 9.26. The van der Waals surface area contributed by atoms with Crippen LogP contribution in [0.4, 0.5) is 0 Å². The Morgan fingerprint density at radius 2 is 1.57 bits per heavy atom. The highest BCUT2D eigenvalue weighted by molar-refractivity contribution is 7.89. The molecule has 2 aromatic carbocycles. The molecule has 2 aromatic rings. The lowest BCUT2D eigenvalue weighted by molar-refractivity contribution is -0.139. The molecule has 0 radical (unpaired) electrons. The number of likely N-dealkylation sites (tertiary alicyclic amines) is 1. The second kappa shape index (κ2) is 13.0. The van der Waals surface area contributed by atoms with Gasteiger partial charge in [-0.1, -0.05) is 30.3 Å². The van der Waals surface area contributed by atoms with Crippen LogP contribution in [-0.2, 0) is 25.1 Å². The van der Waals surface area contributed by atoms with Crippen molar-refractivity contribution in [2.45, 2.75) is 37.1 Å². The average molecular weight is 573 g/mol. The fourth-order valence-electron chi connectivity index (χ4n) is 6.05. The highest BCUT2D eigenvalue weighted by atomic mass is 32.2. The number of piperidine rings is 1. The number of sulfonamides is 1. The first kappa shape index (κ1) is 30.5. The molecule has 9 nitrogen and oxygen atoms in total. The molecule has 0 aliphatic carbocycles. The Hall–Kier alpha value is -2.50. The fraction of sp³-hybridized carbons (Fsp3) is 0.567. The number of hydrogen-bond acceptors (Lipinski definition) is 7. The second-order valence-electron chi connectivity index (χ2n) is 11.0. The van der Waals surface area contributed by atoms with Gasteiger partial charge in [0.1, 0.15) is 12.4 Å². The van der Waals surface area contributed by atoms with E-state index in [1.54, 1.807) is 33.1 Å². The highest BCUT2D eigenvalue weighted by Crippen LogP contribution is 2.39. The van der Waals surface area contributed by atoms with Gasteiger partial charge in [0.2, 0.25) is 15.9 Å². The zero-order valence-corrected chi connectivity index (χ0v) is 25.4. The van der Waals surface area contributed by atoms with Gasteiger partial charge in [-0.05, 0) is 62.6 Å². The summed E-state index contributed by atoms with van der Waals surface area (Å²) in [5.74, 6) is 0.577. The summed E-state index contributed by atoms with van der Waals surface area (Å²) in [6, 6.07) is 14.1. The lowest BCUT2D eigenvalue weighted by Gasteiger charge is -2.51. The van der Waals surface area contributed by atoms with Crippen molar-refractivity contribution in [1.82, 2.24) is 19.0 Å². The molecule has 0 bridgehead atoms. The second-order valence-corrected chi connectivity index (χ2v) is 13.0. The summed E-state index contributed by atoms with van der Waals surface area (Å²) in [7, 11) is 1.56. The molecular weight excluding hydrogens is 528 g/mol. The number of piperazine rings is 1. The predicted octanol–water partition coefficient (Wildman–Crippen LogP) is 2.71. The monoisotopic (exact) mass is 572 g/mol. The molecule has 2 aliphatic heterocycles. The predicted molar refractivity (Wildman–Crippen MR) is 156 cm³/mol. The lowest BCUT2D eigenvalue weighted by Crippen LogP contribution is -2.59.